The summed E-state index contributed by atoms with van der Waals surface area (Å²) in [5.41, 5.74) is 4.85. The quantitative estimate of drug-likeness (QED) is 0.852. The van der Waals surface area contributed by atoms with Crippen LogP contribution in [0.15, 0.2) is 60.1 Å². The first kappa shape index (κ1) is 11.5. The summed E-state index contributed by atoms with van der Waals surface area (Å²) >= 11 is 0. The number of fused-ring (bicyclic) bond motifs is 1. The highest BCUT2D eigenvalue weighted by Crippen LogP contribution is 2.33. The summed E-state index contributed by atoms with van der Waals surface area (Å²) in [6, 6.07) is 10.5. The zero-order chi connectivity index (χ0) is 13.5. The van der Waals surface area contributed by atoms with E-state index >= 15 is 0 Å². The number of aromatic nitrogens is 1. The summed E-state index contributed by atoms with van der Waals surface area (Å²) in [5.74, 6) is 0. The van der Waals surface area contributed by atoms with Crippen LogP contribution in [0, 0.1) is 0 Å². The molecule has 1 N–H and O–H groups in total. The fourth-order valence-electron chi connectivity index (χ4n) is 3.10. The molecule has 0 spiro atoms. The molecule has 2 heterocycles. The van der Waals surface area contributed by atoms with Crippen LogP contribution in [0.3, 0.4) is 0 Å². The second kappa shape index (κ2) is 4.37. The summed E-state index contributed by atoms with van der Waals surface area (Å²) in [5, 5.41) is 4.77. The molecular formula is C17H17N3. The molecule has 1 aliphatic heterocycles. The highest BCUT2D eigenvalue weighted by molar-refractivity contribution is 5.82. The molecule has 0 bridgehead atoms. The molecule has 1 atom stereocenters. The largest absolute Gasteiger partial charge is 0.367 e. The van der Waals surface area contributed by atoms with E-state index < -0.39 is 0 Å². The number of benzene rings is 1. The Hall–Kier alpha value is -2.29. The lowest BCUT2D eigenvalue weighted by Crippen LogP contribution is -2.34. The molecule has 2 aromatic rings. The number of pyridine rings is 1. The highest BCUT2D eigenvalue weighted by atomic mass is 15.3. The van der Waals surface area contributed by atoms with Gasteiger partial charge in [-0.1, -0.05) is 24.3 Å². The van der Waals surface area contributed by atoms with Crippen molar-refractivity contribution in [2.24, 2.45) is 0 Å². The Morgan fingerprint density at radius 2 is 2.20 bits per heavy atom. The van der Waals surface area contributed by atoms with Crippen molar-refractivity contribution in [3.8, 4) is 0 Å². The molecule has 0 radical (unpaired) electrons. The maximum atomic E-state index is 4.58. The highest BCUT2D eigenvalue weighted by Gasteiger charge is 2.28. The first-order valence-electron chi connectivity index (χ1n) is 7.13. The van der Waals surface area contributed by atoms with Gasteiger partial charge in [0, 0.05) is 11.1 Å². The first-order valence-corrected chi connectivity index (χ1v) is 7.13. The maximum absolute atomic E-state index is 4.58. The lowest BCUT2D eigenvalue weighted by Gasteiger charge is -2.25. The van der Waals surface area contributed by atoms with Gasteiger partial charge in [0.15, 0.2) is 0 Å². The summed E-state index contributed by atoms with van der Waals surface area (Å²) in [4.78, 5) is 6.92. The van der Waals surface area contributed by atoms with Crippen LogP contribution in [0.4, 0.5) is 5.69 Å². The number of hydrogen-bond acceptors (Lipinski definition) is 3. The molecule has 1 aromatic heterocycles. The second-order valence-corrected chi connectivity index (χ2v) is 5.38. The molecule has 1 unspecified atom stereocenters. The van der Waals surface area contributed by atoms with Crippen LogP contribution >= 0.6 is 0 Å². The van der Waals surface area contributed by atoms with Crippen LogP contribution in [-0.4, -0.2) is 11.1 Å². The predicted molar refractivity (Wildman–Crippen MR) is 82.2 cm³/mol. The molecule has 0 saturated heterocycles. The van der Waals surface area contributed by atoms with Crippen LogP contribution in [0.1, 0.15) is 19.8 Å². The number of nitrogens with one attached hydrogen (secondary N) is 1. The van der Waals surface area contributed by atoms with Gasteiger partial charge in [0.05, 0.1) is 23.1 Å². The van der Waals surface area contributed by atoms with Crippen molar-refractivity contribution in [1.29, 1.82) is 0 Å². The Bertz CT molecular complexity index is 730. The van der Waals surface area contributed by atoms with Gasteiger partial charge in [0.25, 0.3) is 0 Å². The SMILES string of the molecule is CC1NC2=C(C=CCC2)N1c1cnc2ccccc2c1. The van der Waals surface area contributed by atoms with Crippen LogP contribution < -0.4 is 10.2 Å². The van der Waals surface area contributed by atoms with E-state index in [1.807, 2.05) is 12.3 Å². The van der Waals surface area contributed by atoms with E-state index in [1.165, 1.54) is 16.8 Å². The third-order valence-electron chi connectivity index (χ3n) is 4.03. The van der Waals surface area contributed by atoms with Gasteiger partial charge in [-0.15, -0.1) is 0 Å². The van der Waals surface area contributed by atoms with E-state index in [1.54, 1.807) is 0 Å². The van der Waals surface area contributed by atoms with Crippen molar-refractivity contribution in [2.45, 2.75) is 25.9 Å². The zero-order valence-corrected chi connectivity index (χ0v) is 11.5. The van der Waals surface area contributed by atoms with E-state index in [0.717, 1.165) is 24.0 Å². The summed E-state index contributed by atoms with van der Waals surface area (Å²) in [6.07, 6.45) is 8.96. The lowest BCUT2D eigenvalue weighted by atomic mass is 10.1. The molecule has 0 amide bonds. The molecule has 3 heteroatoms. The third-order valence-corrected chi connectivity index (χ3v) is 4.03. The summed E-state index contributed by atoms with van der Waals surface area (Å²) in [7, 11) is 0. The normalized spacial score (nSPS) is 21.2. The molecule has 20 heavy (non-hydrogen) atoms. The minimum absolute atomic E-state index is 0.283. The molecule has 2 aliphatic rings. The maximum Gasteiger partial charge on any atom is 0.101 e. The fraction of sp³-hybridized carbons (Fsp3) is 0.235. The Morgan fingerprint density at radius 3 is 3.15 bits per heavy atom. The van der Waals surface area contributed by atoms with E-state index in [0.29, 0.717) is 0 Å². The number of rotatable bonds is 1. The minimum atomic E-state index is 0.283. The van der Waals surface area contributed by atoms with E-state index in [2.05, 4.69) is 58.5 Å². The average molecular weight is 263 g/mol. The van der Waals surface area contributed by atoms with Gasteiger partial charge in [0.2, 0.25) is 0 Å². The number of anilines is 1. The Balaban J connectivity index is 1.82. The molecule has 0 saturated carbocycles. The summed E-state index contributed by atoms with van der Waals surface area (Å²) < 4.78 is 0. The van der Waals surface area contributed by atoms with Crippen molar-refractivity contribution in [2.75, 3.05) is 4.90 Å². The molecule has 100 valence electrons. The van der Waals surface area contributed by atoms with Crippen LogP contribution in [0.5, 0.6) is 0 Å². The van der Waals surface area contributed by atoms with Crippen molar-refractivity contribution in [3.05, 3.63) is 60.1 Å². The van der Waals surface area contributed by atoms with E-state index in [4.69, 9.17) is 0 Å². The monoisotopic (exact) mass is 263 g/mol. The van der Waals surface area contributed by atoms with Gasteiger partial charge < -0.3 is 10.2 Å². The van der Waals surface area contributed by atoms with Gasteiger partial charge in [0.1, 0.15) is 6.17 Å². The standard InChI is InChI=1S/C17H17N3/c1-12-19-16-8-4-5-9-17(16)20(12)14-10-13-6-2-3-7-15(13)18-11-14/h2-3,5-7,9-12,19H,4,8H2,1H3. The van der Waals surface area contributed by atoms with E-state index in [-0.39, 0.29) is 6.17 Å². The topological polar surface area (TPSA) is 28.2 Å². The van der Waals surface area contributed by atoms with Gasteiger partial charge in [-0.25, -0.2) is 0 Å². The number of allylic oxidation sites excluding steroid dienone is 3. The molecular weight excluding hydrogens is 246 g/mol. The Kier molecular flexibility index (Phi) is 2.52. The van der Waals surface area contributed by atoms with E-state index in [9.17, 15) is 0 Å². The predicted octanol–water partition coefficient (Wildman–Crippen LogP) is 3.55. The van der Waals surface area contributed by atoms with Crippen molar-refractivity contribution in [1.82, 2.24) is 10.3 Å². The smallest absolute Gasteiger partial charge is 0.101 e. The van der Waals surface area contributed by atoms with Crippen molar-refractivity contribution < 1.29 is 0 Å². The molecule has 4 rings (SSSR count). The fourth-order valence-corrected chi connectivity index (χ4v) is 3.10. The first-order chi connectivity index (χ1) is 9.83. The van der Waals surface area contributed by atoms with Gasteiger partial charge in [-0.3, -0.25) is 4.98 Å². The number of nitrogens with zero attached hydrogens (tertiary/aromatic N) is 2. The Morgan fingerprint density at radius 1 is 1.30 bits per heavy atom. The van der Waals surface area contributed by atoms with Crippen molar-refractivity contribution >= 4 is 16.6 Å². The molecule has 3 nitrogen and oxygen atoms in total. The van der Waals surface area contributed by atoms with Gasteiger partial charge >= 0.3 is 0 Å². The molecule has 1 aromatic carbocycles. The number of hydrogen-bond donors (Lipinski definition) is 1. The van der Waals surface area contributed by atoms with Gasteiger partial charge in [-0.05, 0) is 38.0 Å². The van der Waals surface area contributed by atoms with Gasteiger partial charge in [-0.2, -0.15) is 0 Å². The zero-order valence-electron chi connectivity index (χ0n) is 11.5. The molecule has 1 aliphatic carbocycles. The molecule has 0 fully saturated rings. The Labute approximate surface area is 118 Å². The number of para-hydroxylation sites is 1. The average Bonchev–Trinajstić information content (AvgIpc) is 2.82. The second-order valence-electron chi connectivity index (χ2n) is 5.38. The van der Waals surface area contributed by atoms with Crippen LogP contribution in [0.25, 0.3) is 10.9 Å². The summed E-state index contributed by atoms with van der Waals surface area (Å²) in [6.45, 7) is 2.20. The minimum Gasteiger partial charge on any atom is -0.367 e. The lowest BCUT2D eigenvalue weighted by molar-refractivity contribution is 0.649. The van der Waals surface area contributed by atoms with Crippen molar-refractivity contribution in [3.63, 3.8) is 0 Å². The van der Waals surface area contributed by atoms with Crippen LogP contribution in [0.2, 0.25) is 0 Å². The third kappa shape index (κ3) is 1.70. The van der Waals surface area contributed by atoms with Crippen LogP contribution in [-0.2, 0) is 0 Å².